The van der Waals surface area contributed by atoms with Crippen LogP contribution in [0.3, 0.4) is 0 Å². The average Bonchev–Trinajstić information content (AvgIpc) is 2.72. The Morgan fingerprint density at radius 2 is 1.79 bits per heavy atom. The highest BCUT2D eigenvalue weighted by molar-refractivity contribution is 5.92. The van der Waals surface area contributed by atoms with Crippen LogP contribution in [-0.2, 0) is 30.3 Å². The first-order valence-electron chi connectivity index (χ1n) is 9.93. The molecule has 8 heteroatoms. The van der Waals surface area contributed by atoms with Crippen LogP contribution in [0.25, 0.3) is 0 Å². The van der Waals surface area contributed by atoms with Gasteiger partial charge in [0.05, 0.1) is 25.9 Å². The highest BCUT2D eigenvalue weighted by Gasteiger charge is 2.23. The first kappa shape index (κ1) is 22.8. The predicted octanol–water partition coefficient (Wildman–Crippen LogP) is -0.0376. The zero-order valence-corrected chi connectivity index (χ0v) is 17.4. The maximum atomic E-state index is 12.2. The molecule has 1 aliphatic heterocycles. The number of rotatable bonds is 9. The van der Waals surface area contributed by atoms with Gasteiger partial charge >= 0.3 is 11.9 Å². The summed E-state index contributed by atoms with van der Waals surface area (Å²) in [5, 5.41) is 2.56. The van der Waals surface area contributed by atoms with Gasteiger partial charge < -0.3 is 24.4 Å². The number of methoxy groups -OCH3 is 1. The van der Waals surface area contributed by atoms with Crippen molar-refractivity contribution in [2.45, 2.75) is 32.9 Å². The Hall–Kier alpha value is -2.45. The highest BCUT2D eigenvalue weighted by Crippen LogP contribution is 2.07. The fourth-order valence-electron chi connectivity index (χ4n) is 3.16. The van der Waals surface area contributed by atoms with E-state index in [9.17, 15) is 14.4 Å². The fraction of sp³-hybridized carbons (Fsp3) is 0.571. The topological polar surface area (TPSA) is 95.4 Å². The van der Waals surface area contributed by atoms with E-state index in [0.717, 1.165) is 38.4 Å². The van der Waals surface area contributed by atoms with Crippen LogP contribution in [0.2, 0.25) is 0 Å². The van der Waals surface area contributed by atoms with Gasteiger partial charge in [-0.3, -0.25) is 4.79 Å². The number of amides is 1. The minimum absolute atomic E-state index is 0.194. The molecule has 1 aliphatic rings. The van der Waals surface area contributed by atoms with Gasteiger partial charge in [0.15, 0.2) is 6.61 Å². The van der Waals surface area contributed by atoms with Crippen LogP contribution in [0, 0.1) is 5.92 Å². The fourth-order valence-corrected chi connectivity index (χ4v) is 3.16. The van der Waals surface area contributed by atoms with Crippen molar-refractivity contribution < 1.29 is 33.5 Å². The van der Waals surface area contributed by atoms with Crippen molar-refractivity contribution in [1.29, 1.82) is 0 Å². The second kappa shape index (κ2) is 11.5. The molecule has 0 bridgehead atoms. The Morgan fingerprint density at radius 1 is 1.14 bits per heavy atom. The van der Waals surface area contributed by atoms with Gasteiger partial charge in [-0.25, -0.2) is 9.59 Å². The summed E-state index contributed by atoms with van der Waals surface area (Å²) in [6.07, 6.45) is 0.443. The standard InChI is InChI=1S/C21H30N2O6/c1-15(2)12-18(21(26)27-3)22-19(24)14-29-20(25)17-6-4-16(5-7-17)13-23-8-10-28-11-9-23/h4-7,15,18H,8-14H2,1-3H3,(H,22,24)/p+1/t18-/m1/s1. The van der Waals surface area contributed by atoms with Crippen molar-refractivity contribution in [1.82, 2.24) is 5.32 Å². The second-order valence-corrected chi connectivity index (χ2v) is 7.59. The van der Waals surface area contributed by atoms with Gasteiger partial charge in [0.2, 0.25) is 0 Å². The molecule has 8 nitrogen and oxygen atoms in total. The van der Waals surface area contributed by atoms with Gasteiger partial charge in [0, 0.05) is 5.56 Å². The van der Waals surface area contributed by atoms with Crippen LogP contribution in [0.4, 0.5) is 0 Å². The summed E-state index contributed by atoms with van der Waals surface area (Å²) in [5.41, 5.74) is 1.51. The molecule has 0 spiro atoms. The quantitative estimate of drug-likeness (QED) is 0.558. The number of ether oxygens (including phenoxy) is 3. The monoisotopic (exact) mass is 407 g/mol. The number of esters is 2. The van der Waals surface area contributed by atoms with E-state index in [-0.39, 0.29) is 5.92 Å². The summed E-state index contributed by atoms with van der Waals surface area (Å²) < 4.78 is 15.1. The molecule has 0 aliphatic carbocycles. The van der Waals surface area contributed by atoms with Crippen LogP contribution in [0.15, 0.2) is 24.3 Å². The van der Waals surface area contributed by atoms with Gasteiger partial charge in [0.1, 0.15) is 25.7 Å². The van der Waals surface area contributed by atoms with E-state index < -0.39 is 30.5 Å². The van der Waals surface area contributed by atoms with Crippen LogP contribution in [0.5, 0.6) is 0 Å². The van der Waals surface area contributed by atoms with Gasteiger partial charge in [-0.15, -0.1) is 0 Å². The molecule has 1 aromatic rings. The molecular weight excluding hydrogens is 376 g/mol. The number of morpholine rings is 1. The molecule has 1 aromatic carbocycles. The van der Waals surface area contributed by atoms with E-state index in [0.29, 0.717) is 12.0 Å². The largest absolute Gasteiger partial charge is 0.467 e. The summed E-state index contributed by atoms with van der Waals surface area (Å²) in [7, 11) is 1.27. The molecule has 160 valence electrons. The normalized spacial score (nSPS) is 15.6. The van der Waals surface area contributed by atoms with Crippen molar-refractivity contribution in [3.05, 3.63) is 35.4 Å². The molecule has 1 saturated heterocycles. The maximum absolute atomic E-state index is 12.2. The summed E-state index contributed by atoms with van der Waals surface area (Å²) in [4.78, 5) is 37.5. The Morgan fingerprint density at radius 3 is 2.38 bits per heavy atom. The summed E-state index contributed by atoms with van der Waals surface area (Å²) in [6.45, 7) is 7.80. The molecule has 1 heterocycles. The highest BCUT2D eigenvalue weighted by atomic mass is 16.5. The third-order valence-corrected chi connectivity index (χ3v) is 4.71. The van der Waals surface area contributed by atoms with Crippen LogP contribution < -0.4 is 10.2 Å². The van der Waals surface area contributed by atoms with Crippen molar-refractivity contribution in [3.8, 4) is 0 Å². The van der Waals surface area contributed by atoms with Gasteiger partial charge in [0.25, 0.3) is 5.91 Å². The lowest BCUT2D eigenvalue weighted by Crippen LogP contribution is -3.12. The van der Waals surface area contributed by atoms with Gasteiger partial charge in [-0.1, -0.05) is 26.0 Å². The van der Waals surface area contributed by atoms with Gasteiger partial charge in [-0.2, -0.15) is 0 Å². The third kappa shape index (κ3) is 7.83. The first-order chi connectivity index (χ1) is 13.9. The lowest BCUT2D eigenvalue weighted by atomic mass is 10.0. The molecule has 1 atom stereocenters. The number of quaternary nitrogens is 1. The lowest BCUT2D eigenvalue weighted by molar-refractivity contribution is -0.921. The number of hydrogen-bond acceptors (Lipinski definition) is 6. The number of nitrogens with one attached hydrogen (secondary N) is 2. The average molecular weight is 407 g/mol. The molecule has 1 amide bonds. The van der Waals surface area contributed by atoms with Crippen molar-refractivity contribution >= 4 is 17.8 Å². The summed E-state index contributed by atoms with van der Waals surface area (Å²) in [6, 6.07) is 6.44. The van der Waals surface area contributed by atoms with Crippen LogP contribution in [0.1, 0.15) is 36.2 Å². The Labute approximate surface area is 171 Å². The zero-order chi connectivity index (χ0) is 21.2. The maximum Gasteiger partial charge on any atom is 0.338 e. The third-order valence-electron chi connectivity index (χ3n) is 4.71. The van der Waals surface area contributed by atoms with Crippen LogP contribution >= 0.6 is 0 Å². The smallest absolute Gasteiger partial charge is 0.338 e. The minimum Gasteiger partial charge on any atom is -0.467 e. The van der Waals surface area contributed by atoms with E-state index in [4.69, 9.17) is 14.2 Å². The molecule has 29 heavy (non-hydrogen) atoms. The SMILES string of the molecule is COC(=O)[C@@H](CC(C)C)NC(=O)COC(=O)c1ccc(C[NH+]2CCOCC2)cc1. The van der Waals surface area contributed by atoms with E-state index >= 15 is 0 Å². The van der Waals surface area contributed by atoms with Gasteiger partial charge in [-0.05, 0) is 24.5 Å². The minimum atomic E-state index is -0.756. The number of carbonyl (C=O) groups excluding carboxylic acids is 3. The molecule has 0 aromatic heterocycles. The Bertz CT molecular complexity index is 683. The molecule has 2 rings (SSSR count). The van der Waals surface area contributed by atoms with Crippen LogP contribution in [-0.4, -0.2) is 63.9 Å². The number of benzene rings is 1. The van der Waals surface area contributed by atoms with Crippen molar-refractivity contribution in [2.24, 2.45) is 5.92 Å². The van der Waals surface area contributed by atoms with E-state index in [1.165, 1.54) is 12.0 Å². The van der Waals surface area contributed by atoms with E-state index in [1.807, 2.05) is 26.0 Å². The number of carbonyl (C=O) groups is 3. The summed E-state index contributed by atoms with van der Waals surface area (Å²) >= 11 is 0. The molecule has 0 unspecified atom stereocenters. The molecular formula is C21H31N2O6+. The zero-order valence-electron chi connectivity index (χ0n) is 17.4. The van der Waals surface area contributed by atoms with E-state index in [2.05, 4.69) is 5.32 Å². The van der Waals surface area contributed by atoms with Crippen molar-refractivity contribution in [2.75, 3.05) is 40.0 Å². The van der Waals surface area contributed by atoms with Crippen molar-refractivity contribution in [3.63, 3.8) is 0 Å². The Kier molecular flexibility index (Phi) is 9.08. The lowest BCUT2D eigenvalue weighted by Gasteiger charge is -2.23. The predicted molar refractivity (Wildman–Crippen MR) is 105 cm³/mol. The molecule has 0 saturated carbocycles. The first-order valence-corrected chi connectivity index (χ1v) is 9.93. The molecule has 1 fully saturated rings. The summed E-state index contributed by atoms with van der Waals surface area (Å²) in [5.74, 6) is -1.44. The molecule has 2 N–H and O–H groups in total. The molecule has 0 radical (unpaired) electrons. The second-order valence-electron chi connectivity index (χ2n) is 7.59. The number of hydrogen-bond donors (Lipinski definition) is 2. The Balaban J connectivity index is 1.81. The van der Waals surface area contributed by atoms with E-state index in [1.54, 1.807) is 12.1 Å².